The van der Waals surface area contributed by atoms with Gasteiger partial charge in [-0.2, -0.15) is 8.42 Å². The average molecular weight is 280 g/mol. The van der Waals surface area contributed by atoms with Crippen LogP contribution in [-0.2, 0) is 24.4 Å². The number of hydrogen-bond acceptors (Lipinski definition) is 5. The van der Waals surface area contributed by atoms with E-state index in [1.165, 1.54) is 13.8 Å². The van der Waals surface area contributed by atoms with Gasteiger partial charge in [-0.25, -0.2) is 9.59 Å². The van der Waals surface area contributed by atoms with Crippen LogP contribution in [0, 0.1) is 0 Å². The third-order valence-electron chi connectivity index (χ3n) is 1.29. The molecule has 0 radical (unpaired) electrons. The largest absolute Gasteiger partial charge is 0.478 e. The van der Waals surface area contributed by atoms with Gasteiger partial charge in [0, 0.05) is 11.1 Å². The number of ether oxygens (including phenoxy) is 1. The Balaban J connectivity index is 0. The maximum absolute atomic E-state index is 10.6. The van der Waals surface area contributed by atoms with Crippen molar-refractivity contribution >= 4 is 22.1 Å². The van der Waals surface area contributed by atoms with Crippen LogP contribution >= 0.6 is 0 Å². The van der Waals surface area contributed by atoms with Crippen molar-refractivity contribution in [3.63, 3.8) is 0 Å². The smallest absolute Gasteiger partial charge is 0.333 e. The highest BCUT2D eigenvalue weighted by Gasteiger charge is 2.07. The normalized spacial score (nSPS) is 9.72. The summed E-state index contributed by atoms with van der Waals surface area (Å²) in [6.45, 7) is 8.97. The molecule has 0 aliphatic rings. The van der Waals surface area contributed by atoms with Crippen molar-refractivity contribution in [1.82, 2.24) is 0 Å². The van der Waals surface area contributed by atoms with E-state index in [2.05, 4.69) is 17.9 Å². The maximum atomic E-state index is 10.6. The first-order valence-electron chi connectivity index (χ1n) is 4.64. The second-order valence-corrected chi connectivity index (χ2v) is 4.86. The van der Waals surface area contributed by atoms with E-state index >= 15 is 0 Å². The summed E-state index contributed by atoms with van der Waals surface area (Å²) in [6, 6.07) is 0. The number of carboxylic acids is 1. The number of hydrogen-bond donors (Lipinski definition) is 2. The summed E-state index contributed by atoms with van der Waals surface area (Å²) in [6.07, 6.45) is 0. The van der Waals surface area contributed by atoms with Crippen LogP contribution in [-0.4, -0.2) is 42.4 Å². The molecule has 7 nitrogen and oxygen atoms in total. The van der Waals surface area contributed by atoms with E-state index in [1.54, 1.807) is 0 Å². The van der Waals surface area contributed by atoms with Crippen LogP contribution in [0.5, 0.6) is 0 Å². The van der Waals surface area contributed by atoms with Crippen LogP contribution in [0.4, 0.5) is 0 Å². The molecule has 0 aromatic heterocycles. The molecule has 0 amide bonds. The van der Waals surface area contributed by atoms with Gasteiger partial charge in [-0.1, -0.05) is 13.2 Å². The fourth-order valence-electron chi connectivity index (χ4n) is 0.363. The molecule has 0 atom stereocenters. The van der Waals surface area contributed by atoms with Gasteiger partial charge in [-0.3, -0.25) is 4.55 Å². The molecule has 2 N–H and O–H groups in total. The van der Waals surface area contributed by atoms with Crippen LogP contribution in [0.25, 0.3) is 0 Å². The van der Waals surface area contributed by atoms with Crippen molar-refractivity contribution < 1.29 is 32.4 Å². The number of carboxylic acid groups (broad SMARTS) is 1. The zero-order valence-electron chi connectivity index (χ0n) is 10.2. The first-order valence-corrected chi connectivity index (χ1v) is 6.25. The molecule has 0 aromatic rings. The minimum absolute atomic E-state index is 0.176. The van der Waals surface area contributed by atoms with Gasteiger partial charge in [0.25, 0.3) is 10.1 Å². The molecular weight excluding hydrogens is 264 g/mol. The van der Waals surface area contributed by atoms with Crippen molar-refractivity contribution in [2.75, 3.05) is 12.4 Å². The molecule has 0 bridgehead atoms. The second-order valence-electron chi connectivity index (χ2n) is 3.29. The summed E-state index contributed by atoms with van der Waals surface area (Å²) in [5.41, 5.74) is 0.361. The third kappa shape index (κ3) is 14.3. The van der Waals surface area contributed by atoms with Gasteiger partial charge in [0.15, 0.2) is 0 Å². The molecule has 0 aromatic carbocycles. The predicted octanol–water partition coefficient (Wildman–Crippen LogP) is 0.641. The number of esters is 1. The van der Waals surface area contributed by atoms with Gasteiger partial charge in [-0.05, 0) is 13.8 Å². The first-order chi connectivity index (χ1) is 7.97. The van der Waals surface area contributed by atoms with E-state index in [9.17, 15) is 18.0 Å². The van der Waals surface area contributed by atoms with Crippen LogP contribution in [0.3, 0.4) is 0 Å². The Hall–Kier alpha value is -1.67. The van der Waals surface area contributed by atoms with Gasteiger partial charge in [0.05, 0.1) is 0 Å². The minimum atomic E-state index is -4.05. The molecule has 0 heterocycles. The van der Waals surface area contributed by atoms with E-state index in [0.29, 0.717) is 0 Å². The van der Waals surface area contributed by atoms with Gasteiger partial charge >= 0.3 is 11.9 Å². The highest BCUT2D eigenvalue weighted by molar-refractivity contribution is 7.85. The topological polar surface area (TPSA) is 118 Å². The van der Waals surface area contributed by atoms with E-state index in [4.69, 9.17) is 9.66 Å². The Morgan fingerprint density at radius 2 is 1.56 bits per heavy atom. The predicted molar refractivity (Wildman–Crippen MR) is 64.6 cm³/mol. The minimum Gasteiger partial charge on any atom is -0.478 e. The Kier molecular flexibility index (Phi) is 8.75. The summed E-state index contributed by atoms with van der Waals surface area (Å²) in [5, 5.41) is 7.89. The standard InChI is InChI=1S/C6H10O5S.C4H6O2/c1-5(2)6(7)11-3-4-12(8,9)10;1-3(2)4(5)6/h1,3-4H2,2H3,(H,8,9,10);1H2,2H3,(H,5,6). The van der Waals surface area contributed by atoms with Crippen LogP contribution < -0.4 is 0 Å². The van der Waals surface area contributed by atoms with Crippen LogP contribution in [0.15, 0.2) is 24.3 Å². The summed E-state index contributed by atoms with van der Waals surface area (Å²) < 4.78 is 32.9. The molecular formula is C10H16O7S. The molecule has 0 saturated carbocycles. The highest BCUT2D eigenvalue weighted by Crippen LogP contribution is 1.92. The molecule has 0 spiro atoms. The summed E-state index contributed by atoms with van der Waals surface area (Å²) >= 11 is 0. The fourth-order valence-corrected chi connectivity index (χ4v) is 0.657. The molecule has 18 heavy (non-hydrogen) atoms. The van der Waals surface area contributed by atoms with Crippen molar-refractivity contribution in [3.8, 4) is 0 Å². The number of rotatable bonds is 5. The van der Waals surface area contributed by atoms with Gasteiger partial charge in [-0.15, -0.1) is 0 Å². The molecule has 104 valence electrons. The highest BCUT2D eigenvalue weighted by atomic mass is 32.2. The average Bonchev–Trinajstić information content (AvgIpc) is 2.16. The third-order valence-corrected chi connectivity index (χ3v) is 1.97. The number of aliphatic carboxylic acids is 1. The molecule has 0 aliphatic carbocycles. The molecule has 0 unspecified atom stereocenters. The zero-order valence-corrected chi connectivity index (χ0v) is 11.0. The zero-order chi connectivity index (χ0) is 14.9. The van der Waals surface area contributed by atoms with E-state index in [0.717, 1.165) is 0 Å². The van der Waals surface area contributed by atoms with E-state index < -0.39 is 27.8 Å². The van der Waals surface area contributed by atoms with Crippen molar-refractivity contribution in [3.05, 3.63) is 24.3 Å². The summed E-state index contributed by atoms with van der Waals surface area (Å²) in [5.74, 6) is -2.19. The van der Waals surface area contributed by atoms with Crippen molar-refractivity contribution in [2.45, 2.75) is 13.8 Å². The lowest BCUT2D eigenvalue weighted by Crippen LogP contribution is -2.14. The lowest BCUT2D eigenvalue weighted by atomic mass is 10.4. The van der Waals surface area contributed by atoms with Gasteiger partial charge in [0.1, 0.15) is 12.4 Å². The SMILES string of the molecule is C=C(C)C(=O)O.C=C(C)C(=O)OCCS(=O)(=O)O. The monoisotopic (exact) mass is 280 g/mol. The lowest BCUT2D eigenvalue weighted by molar-refractivity contribution is -0.138. The molecule has 8 heteroatoms. The Morgan fingerprint density at radius 3 is 1.78 bits per heavy atom. The first kappa shape index (κ1) is 18.7. The van der Waals surface area contributed by atoms with E-state index in [-0.39, 0.29) is 17.8 Å². The molecule has 0 fully saturated rings. The van der Waals surface area contributed by atoms with Crippen LogP contribution in [0.1, 0.15) is 13.8 Å². The lowest BCUT2D eigenvalue weighted by Gasteiger charge is -2.01. The van der Waals surface area contributed by atoms with Crippen molar-refractivity contribution in [1.29, 1.82) is 0 Å². The van der Waals surface area contributed by atoms with E-state index in [1.807, 2.05) is 0 Å². The second kappa shape index (κ2) is 8.43. The maximum Gasteiger partial charge on any atom is 0.333 e. The number of carbonyl (C=O) groups is 2. The van der Waals surface area contributed by atoms with Crippen LogP contribution in [0.2, 0.25) is 0 Å². The quantitative estimate of drug-likeness (QED) is 0.431. The molecule has 0 rings (SSSR count). The Labute approximate surface area is 106 Å². The summed E-state index contributed by atoms with van der Waals surface area (Å²) in [4.78, 5) is 20.2. The summed E-state index contributed by atoms with van der Waals surface area (Å²) in [7, 11) is -4.05. The number of carbonyl (C=O) groups excluding carboxylic acids is 1. The Morgan fingerprint density at radius 1 is 1.17 bits per heavy atom. The van der Waals surface area contributed by atoms with Crippen molar-refractivity contribution in [2.24, 2.45) is 0 Å². The van der Waals surface area contributed by atoms with Gasteiger partial charge in [0.2, 0.25) is 0 Å². The molecule has 0 saturated heterocycles. The Bertz CT molecular complexity index is 421. The fraction of sp³-hybridized carbons (Fsp3) is 0.400. The van der Waals surface area contributed by atoms with Gasteiger partial charge < -0.3 is 9.84 Å². The molecule has 0 aliphatic heterocycles.